The number of nitrogens with zero attached hydrogens (tertiary/aromatic N) is 2. The van der Waals surface area contributed by atoms with E-state index in [0.717, 1.165) is 16.6 Å². The Hall–Kier alpha value is -2.16. The van der Waals surface area contributed by atoms with Crippen molar-refractivity contribution in [3.8, 4) is 11.3 Å². The molecule has 17 heavy (non-hydrogen) atoms. The molecule has 2 heterocycles. The van der Waals surface area contributed by atoms with Crippen molar-refractivity contribution in [1.82, 2.24) is 15.2 Å². The number of hydrogen-bond acceptors (Lipinski definition) is 2. The number of H-pyrrole nitrogens is 1. The van der Waals surface area contributed by atoms with Gasteiger partial charge in [0, 0.05) is 17.1 Å². The summed E-state index contributed by atoms with van der Waals surface area (Å²) in [6.45, 7) is 4.18. The van der Waals surface area contributed by atoms with Crippen molar-refractivity contribution in [2.45, 2.75) is 13.8 Å². The maximum Gasteiger partial charge on any atom is 0.0707 e. The van der Waals surface area contributed by atoms with Gasteiger partial charge in [-0.2, -0.15) is 5.10 Å². The Kier molecular flexibility index (Phi) is 2.18. The first kappa shape index (κ1) is 10.0. The molecule has 0 fully saturated rings. The minimum Gasteiger partial charge on any atom is -0.278 e. The van der Waals surface area contributed by atoms with E-state index < -0.39 is 0 Å². The molecular weight excluding hydrogens is 210 g/mol. The number of fused-ring (bicyclic) bond motifs is 1. The van der Waals surface area contributed by atoms with Gasteiger partial charge in [0.05, 0.1) is 17.4 Å². The SMILES string of the molecule is Cc1ccnc(-c2cc3cn[nH]c3cc2C)c1. The Balaban J connectivity index is 2.25. The Morgan fingerprint density at radius 1 is 1.12 bits per heavy atom. The number of hydrogen-bond donors (Lipinski definition) is 1. The summed E-state index contributed by atoms with van der Waals surface area (Å²) in [5.41, 5.74) is 5.69. The number of rotatable bonds is 1. The molecule has 84 valence electrons. The van der Waals surface area contributed by atoms with E-state index in [4.69, 9.17) is 0 Å². The normalized spacial score (nSPS) is 10.9. The second kappa shape index (κ2) is 3.70. The molecule has 0 aliphatic heterocycles. The topological polar surface area (TPSA) is 41.6 Å². The third-order valence-electron chi connectivity index (χ3n) is 2.98. The zero-order valence-corrected chi connectivity index (χ0v) is 9.86. The average Bonchev–Trinajstić information content (AvgIpc) is 2.75. The molecule has 3 rings (SSSR count). The Morgan fingerprint density at radius 3 is 2.82 bits per heavy atom. The molecule has 0 atom stereocenters. The lowest BCUT2D eigenvalue weighted by Gasteiger charge is -2.06. The monoisotopic (exact) mass is 223 g/mol. The molecule has 0 saturated heterocycles. The molecule has 0 aliphatic rings. The minimum atomic E-state index is 1.02. The molecule has 0 unspecified atom stereocenters. The van der Waals surface area contributed by atoms with Crippen LogP contribution in [0.1, 0.15) is 11.1 Å². The number of pyridine rings is 1. The number of aromatic nitrogens is 3. The Labute approximate surface area is 99.5 Å². The van der Waals surface area contributed by atoms with E-state index in [0.29, 0.717) is 0 Å². The van der Waals surface area contributed by atoms with Crippen LogP contribution >= 0.6 is 0 Å². The van der Waals surface area contributed by atoms with E-state index in [2.05, 4.69) is 47.2 Å². The zero-order chi connectivity index (χ0) is 11.8. The fraction of sp³-hybridized carbons (Fsp3) is 0.143. The van der Waals surface area contributed by atoms with Gasteiger partial charge in [0.1, 0.15) is 0 Å². The third-order valence-corrected chi connectivity index (χ3v) is 2.98. The van der Waals surface area contributed by atoms with Crippen LogP contribution in [-0.2, 0) is 0 Å². The van der Waals surface area contributed by atoms with E-state index in [-0.39, 0.29) is 0 Å². The largest absolute Gasteiger partial charge is 0.278 e. The lowest BCUT2D eigenvalue weighted by molar-refractivity contribution is 1.12. The number of benzene rings is 1. The predicted octanol–water partition coefficient (Wildman–Crippen LogP) is 3.24. The fourth-order valence-corrected chi connectivity index (χ4v) is 2.06. The van der Waals surface area contributed by atoms with Gasteiger partial charge in [0.2, 0.25) is 0 Å². The summed E-state index contributed by atoms with van der Waals surface area (Å²) in [7, 11) is 0. The molecule has 0 bridgehead atoms. The molecule has 1 aromatic carbocycles. The van der Waals surface area contributed by atoms with Crippen LogP contribution in [-0.4, -0.2) is 15.2 Å². The summed E-state index contributed by atoms with van der Waals surface area (Å²) < 4.78 is 0. The van der Waals surface area contributed by atoms with E-state index in [1.165, 1.54) is 16.7 Å². The van der Waals surface area contributed by atoms with Crippen LogP contribution < -0.4 is 0 Å². The summed E-state index contributed by atoms with van der Waals surface area (Å²) in [6, 6.07) is 8.36. The highest BCUT2D eigenvalue weighted by Crippen LogP contribution is 2.26. The van der Waals surface area contributed by atoms with Crippen LogP contribution in [0.3, 0.4) is 0 Å². The summed E-state index contributed by atoms with van der Waals surface area (Å²) in [5.74, 6) is 0. The number of aromatic amines is 1. The predicted molar refractivity (Wildman–Crippen MR) is 68.8 cm³/mol. The lowest BCUT2D eigenvalue weighted by atomic mass is 10.0. The first-order chi connectivity index (χ1) is 8.24. The van der Waals surface area contributed by atoms with Gasteiger partial charge in [0.15, 0.2) is 0 Å². The standard InChI is InChI=1S/C14H13N3/c1-9-3-4-15-14(5-9)12-7-11-8-16-17-13(11)6-10(12)2/h3-8H,1-2H3,(H,16,17). The van der Waals surface area contributed by atoms with Gasteiger partial charge in [-0.25, -0.2) is 0 Å². The van der Waals surface area contributed by atoms with E-state index in [1.54, 1.807) is 0 Å². The van der Waals surface area contributed by atoms with Gasteiger partial charge in [-0.1, -0.05) is 0 Å². The summed E-state index contributed by atoms with van der Waals surface area (Å²) in [5, 5.41) is 8.15. The molecule has 3 nitrogen and oxygen atoms in total. The van der Waals surface area contributed by atoms with Crippen molar-refractivity contribution < 1.29 is 0 Å². The molecule has 1 N–H and O–H groups in total. The average molecular weight is 223 g/mol. The molecule has 0 radical (unpaired) electrons. The second-order valence-electron chi connectivity index (χ2n) is 4.34. The highest BCUT2D eigenvalue weighted by molar-refractivity contribution is 5.85. The van der Waals surface area contributed by atoms with Crippen molar-refractivity contribution in [2.75, 3.05) is 0 Å². The number of aryl methyl sites for hydroxylation is 2. The van der Waals surface area contributed by atoms with Crippen LogP contribution in [0.5, 0.6) is 0 Å². The zero-order valence-electron chi connectivity index (χ0n) is 9.86. The van der Waals surface area contributed by atoms with Crippen molar-refractivity contribution in [3.05, 3.63) is 47.8 Å². The highest BCUT2D eigenvalue weighted by atomic mass is 15.1. The highest BCUT2D eigenvalue weighted by Gasteiger charge is 2.06. The van der Waals surface area contributed by atoms with Crippen LogP contribution in [0.2, 0.25) is 0 Å². The van der Waals surface area contributed by atoms with Gasteiger partial charge in [0.25, 0.3) is 0 Å². The number of nitrogens with one attached hydrogen (secondary N) is 1. The summed E-state index contributed by atoms with van der Waals surface area (Å²) >= 11 is 0. The molecule has 2 aromatic heterocycles. The fourth-order valence-electron chi connectivity index (χ4n) is 2.06. The van der Waals surface area contributed by atoms with Gasteiger partial charge < -0.3 is 0 Å². The molecule has 3 heteroatoms. The van der Waals surface area contributed by atoms with Gasteiger partial charge in [-0.15, -0.1) is 0 Å². The van der Waals surface area contributed by atoms with Crippen LogP contribution in [0, 0.1) is 13.8 Å². The van der Waals surface area contributed by atoms with Crippen molar-refractivity contribution in [1.29, 1.82) is 0 Å². The van der Waals surface area contributed by atoms with E-state index >= 15 is 0 Å². The molecular formula is C14H13N3. The lowest BCUT2D eigenvalue weighted by Crippen LogP contribution is -1.88. The van der Waals surface area contributed by atoms with Crippen molar-refractivity contribution in [2.24, 2.45) is 0 Å². The maximum atomic E-state index is 4.43. The van der Waals surface area contributed by atoms with Gasteiger partial charge in [-0.05, 0) is 49.2 Å². The minimum absolute atomic E-state index is 1.02. The Morgan fingerprint density at radius 2 is 2.00 bits per heavy atom. The molecule has 0 aliphatic carbocycles. The summed E-state index contributed by atoms with van der Waals surface area (Å²) in [4.78, 5) is 4.43. The molecule has 3 aromatic rings. The second-order valence-corrected chi connectivity index (χ2v) is 4.34. The Bertz CT molecular complexity index is 683. The van der Waals surface area contributed by atoms with Gasteiger partial charge >= 0.3 is 0 Å². The van der Waals surface area contributed by atoms with Gasteiger partial charge in [-0.3, -0.25) is 10.1 Å². The van der Waals surface area contributed by atoms with E-state index in [9.17, 15) is 0 Å². The first-order valence-electron chi connectivity index (χ1n) is 5.61. The molecule has 0 amide bonds. The third kappa shape index (κ3) is 1.69. The maximum absolute atomic E-state index is 4.43. The summed E-state index contributed by atoms with van der Waals surface area (Å²) in [6.07, 6.45) is 3.69. The van der Waals surface area contributed by atoms with Crippen molar-refractivity contribution >= 4 is 10.9 Å². The van der Waals surface area contributed by atoms with Crippen LogP contribution in [0.4, 0.5) is 0 Å². The molecule has 0 spiro atoms. The van der Waals surface area contributed by atoms with Crippen LogP contribution in [0.15, 0.2) is 36.7 Å². The molecule has 0 saturated carbocycles. The smallest absolute Gasteiger partial charge is 0.0707 e. The van der Waals surface area contributed by atoms with Crippen LogP contribution in [0.25, 0.3) is 22.2 Å². The van der Waals surface area contributed by atoms with Crippen molar-refractivity contribution in [3.63, 3.8) is 0 Å². The van der Waals surface area contributed by atoms with E-state index in [1.807, 2.05) is 18.5 Å². The first-order valence-corrected chi connectivity index (χ1v) is 5.61. The quantitative estimate of drug-likeness (QED) is 0.688.